The van der Waals surface area contributed by atoms with E-state index in [9.17, 15) is 4.39 Å². The average Bonchev–Trinajstić information content (AvgIpc) is 3.13. The molecule has 166 valence electrons. The highest BCUT2D eigenvalue weighted by atomic mass is 35.5. The summed E-state index contributed by atoms with van der Waals surface area (Å²) >= 11 is 12.6. The van der Waals surface area contributed by atoms with Gasteiger partial charge in [-0.3, -0.25) is 4.90 Å². The molecule has 31 heavy (non-hydrogen) atoms. The van der Waals surface area contributed by atoms with Crippen LogP contribution in [0.2, 0.25) is 10.0 Å². The first-order chi connectivity index (χ1) is 15.0. The second kappa shape index (κ2) is 9.74. The van der Waals surface area contributed by atoms with Gasteiger partial charge in [0, 0.05) is 37.7 Å². The fourth-order valence-electron chi connectivity index (χ4n) is 4.13. The monoisotopic (exact) mass is 463 g/mol. The van der Waals surface area contributed by atoms with Crippen LogP contribution in [0.4, 0.5) is 10.3 Å². The van der Waals surface area contributed by atoms with E-state index in [-0.39, 0.29) is 5.02 Å². The van der Waals surface area contributed by atoms with Crippen molar-refractivity contribution in [2.24, 2.45) is 0 Å². The Morgan fingerprint density at radius 1 is 1.10 bits per heavy atom. The zero-order chi connectivity index (χ0) is 22.0. The number of benzene rings is 2. The number of fused-ring (bicyclic) bond motifs is 1. The third-order valence-electron chi connectivity index (χ3n) is 5.89. The van der Waals surface area contributed by atoms with Gasteiger partial charge in [-0.1, -0.05) is 43.1 Å². The van der Waals surface area contributed by atoms with Gasteiger partial charge in [-0.15, -0.1) is 0 Å². The van der Waals surface area contributed by atoms with E-state index in [4.69, 9.17) is 28.2 Å². The van der Waals surface area contributed by atoms with Gasteiger partial charge in [-0.05, 0) is 48.5 Å². The lowest BCUT2D eigenvalue weighted by Crippen LogP contribution is -2.44. The van der Waals surface area contributed by atoms with E-state index in [0.717, 1.165) is 73.9 Å². The number of piperazine rings is 1. The Morgan fingerprint density at radius 2 is 1.84 bits per heavy atom. The van der Waals surface area contributed by atoms with Crippen LogP contribution < -0.4 is 10.2 Å². The lowest BCUT2D eigenvalue weighted by atomic mass is 10.1. The van der Waals surface area contributed by atoms with E-state index in [2.05, 4.69) is 33.5 Å². The summed E-state index contributed by atoms with van der Waals surface area (Å²) in [4.78, 5) is 9.76. The van der Waals surface area contributed by atoms with E-state index in [0.29, 0.717) is 11.6 Å². The molecule has 0 aliphatic carbocycles. The van der Waals surface area contributed by atoms with Crippen molar-refractivity contribution in [1.29, 1.82) is 0 Å². The minimum Gasteiger partial charge on any atom is -0.340 e. The van der Waals surface area contributed by atoms with E-state index in [1.54, 1.807) is 12.1 Å². The summed E-state index contributed by atoms with van der Waals surface area (Å²) < 4.78 is 15.9. The number of nitrogens with zero attached hydrogens (tertiary/aromatic N) is 4. The lowest BCUT2D eigenvalue weighted by Gasteiger charge is -2.29. The molecule has 2 heterocycles. The van der Waals surface area contributed by atoms with Crippen LogP contribution >= 0.6 is 23.2 Å². The molecular weight excluding hydrogens is 436 g/mol. The number of halogens is 3. The predicted octanol–water partition coefficient (Wildman–Crippen LogP) is 4.78. The summed E-state index contributed by atoms with van der Waals surface area (Å²) in [7, 11) is 0. The fourth-order valence-corrected chi connectivity index (χ4v) is 4.57. The van der Waals surface area contributed by atoms with Crippen LogP contribution in [0.15, 0.2) is 30.3 Å². The second-order valence-electron chi connectivity index (χ2n) is 7.88. The highest BCUT2D eigenvalue weighted by Gasteiger charge is 2.22. The molecule has 0 spiro atoms. The minimum absolute atomic E-state index is 0.130. The molecule has 0 radical (unpaired) electrons. The SMILES string of the molecule is CCN(CC)Cc1cc(Cl)cc2c1nc(N1CCNCC1)n2Cc1ccc(F)c(Cl)c1. The molecule has 0 unspecified atom stereocenters. The van der Waals surface area contributed by atoms with Crippen LogP contribution in [0.3, 0.4) is 0 Å². The van der Waals surface area contributed by atoms with Crippen molar-refractivity contribution in [3.8, 4) is 0 Å². The van der Waals surface area contributed by atoms with Crippen molar-refractivity contribution in [3.05, 3.63) is 57.3 Å². The topological polar surface area (TPSA) is 36.3 Å². The van der Waals surface area contributed by atoms with Crippen molar-refractivity contribution >= 4 is 40.2 Å². The molecule has 0 atom stereocenters. The zero-order valence-electron chi connectivity index (χ0n) is 18.0. The molecule has 1 aliphatic rings. The Bertz CT molecular complexity index is 1060. The summed E-state index contributed by atoms with van der Waals surface area (Å²) in [5.41, 5.74) is 4.01. The summed E-state index contributed by atoms with van der Waals surface area (Å²) in [6, 6.07) is 8.88. The van der Waals surface area contributed by atoms with E-state index >= 15 is 0 Å². The third kappa shape index (κ3) is 4.82. The molecular formula is C23H28Cl2FN5. The molecule has 2 aromatic carbocycles. The van der Waals surface area contributed by atoms with Gasteiger partial charge in [0.1, 0.15) is 5.82 Å². The van der Waals surface area contributed by atoms with Crippen molar-refractivity contribution in [3.63, 3.8) is 0 Å². The summed E-state index contributed by atoms with van der Waals surface area (Å²) in [5.74, 6) is 0.507. The Hall–Kier alpha value is -1.86. The second-order valence-corrected chi connectivity index (χ2v) is 8.72. The maximum Gasteiger partial charge on any atom is 0.206 e. The first-order valence-corrected chi connectivity index (χ1v) is 11.6. The van der Waals surface area contributed by atoms with Crippen LogP contribution in [0.5, 0.6) is 0 Å². The normalized spacial score (nSPS) is 14.7. The molecule has 4 rings (SSSR count). The first kappa shape index (κ1) is 22.3. The standard InChI is InChI=1S/C23H28Cl2FN5/c1-3-29(4-2)15-17-12-18(24)13-21-22(17)28-23(30-9-7-27-8-10-30)31(21)14-16-5-6-20(26)19(25)11-16/h5-6,11-13,27H,3-4,7-10,14-15H2,1-2H3. The van der Waals surface area contributed by atoms with Gasteiger partial charge in [0.05, 0.1) is 22.6 Å². The molecule has 5 nitrogen and oxygen atoms in total. The first-order valence-electron chi connectivity index (χ1n) is 10.8. The minimum atomic E-state index is -0.409. The van der Waals surface area contributed by atoms with Gasteiger partial charge in [-0.25, -0.2) is 9.37 Å². The molecule has 1 N–H and O–H groups in total. The van der Waals surface area contributed by atoms with Crippen molar-refractivity contribution in [2.45, 2.75) is 26.9 Å². The average molecular weight is 464 g/mol. The van der Waals surface area contributed by atoms with Crippen molar-refractivity contribution in [2.75, 3.05) is 44.2 Å². The Balaban J connectivity index is 1.84. The van der Waals surface area contributed by atoms with Crippen molar-refractivity contribution < 1.29 is 4.39 Å². The van der Waals surface area contributed by atoms with E-state index in [1.165, 1.54) is 6.07 Å². The van der Waals surface area contributed by atoms with Gasteiger partial charge < -0.3 is 14.8 Å². The van der Waals surface area contributed by atoms with Gasteiger partial charge in [0.25, 0.3) is 0 Å². The predicted molar refractivity (Wildman–Crippen MR) is 127 cm³/mol. The maximum absolute atomic E-state index is 13.7. The van der Waals surface area contributed by atoms with Crippen LogP contribution in [-0.4, -0.2) is 53.7 Å². The molecule has 1 aliphatic heterocycles. The maximum atomic E-state index is 13.7. The van der Waals surface area contributed by atoms with E-state index < -0.39 is 5.82 Å². The number of hydrogen-bond donors (Lipinski definition) is 1. The number of hydrogen-bond acceptors (Lipinski definition) is 4. The van der Waals surface area contributed by atoms with Crippen LogP contribution in [0.25, 0.3) is 11.0 Å². The molecule has 0 amide bonds. The quantitative estimate of drug-likeness (QED) is 0.546. The molecule has 0 bridgehead atoms. The molecule has 3 aromatic rings. The summed E-state index contributed by atoms with van der Waals surface area (Å²) in [5, 5.41) is 4.22. The number of anilines is 1. The van der Waals surface area contributed by atoms with Gasteiger partial charge in [0.15, 0.2) is 0 Å². The number of nitrogens with one attached hydrogen (secondary N) is 1. The van der Waals surface area contributed by atoms with Crippen molar-refractivity contribution in [1.82, 2.24) is 19.8 Å². The zero-order valence-corrected chi connectivity index (χ0v) is 19.5. The van der Waals surface area contributed by atoms with Gasteiger partial charge >= 0.3 is 0 Å². The van der Waals surface area contributed by atoms with Gasteiger partial charge in [0.2, 0.25) is 5.95 Å². The van der Waals surface area contributed by atoms with Gasteiger partial charge in [-0.2, -0.15) is 0 Å². The molecule has 1 fully saturated rings. The highest BCUT2D eigenvalue weighted by molar-refractivity contribution is 6.31. The molecule has 8 heteroatoms. The number of rotatable bonds is 7. The number of imidazole rings is 1. The molecule has 0 saturated carbocycles. The lowest BCUT2D eigenvalue weighted by molar-refractivity contribution is 0.297. The Morgan fingerprint density at radius 3 is 2.52 bits per heavy atom. The molecule has 1 aromatic heterocycles. The number of aromatic nitrogens is 2. The third-order valence-corrected chi connectivity index (χ3v) is 6.40. The largest absolute Gasteiger partial charge is 0.340 e. The van der Waals surface area contributed by atoms with Crippen LogP contribution in [0.1, 0.15) is 25.0 Å². The smallest absolute Gasteiger partial charge is 0.206 e. The highest BCUT2D eigenvalue weighted by Crippen LogP contribution is 2.31. The Labute approximate surface area is 192 Å². The summed E-state index contributed by atoms with van der Waals surface area (Å²) in [6.45, 7) is 11.2. The Kier molecular flexibility index (Phi) is 7.02. The van der Waals surface area contributed by atoms with Crippen LogP contribution in [-0.2, 0) is 13.1 Å². The fraction of sp³-hybridized carbons (Fsp3) is 0.435. The van der Waals surface area contributed by atoms with E-state index in [1.807, 2.05) is 12.1 Å². The molecule has 1 saturated heterocycles. The summed E-state index contributed by atoms with van der Waals surface area (Å²) in [6.07, 6.45) is 0. The van der Waals surface area contributed by atoms with Crippen LogP contribution in [0, 0.1) is 5.82 Å².